The van der Waals surface area contributed by atoms with Crippen LogP contribution in [0.1, 0.15) is 35.2 Å². The normalized spacial score (nSPS) is 18.7. The summed E-state index contributed by atoms with van der Waals surface area (Å²) in [5, 5.41) is 7.38. The fraction of sp³-hybridized carbons (Fsp3) is 0.500. The van der Waals surface area contributed by atoms with Gasteiger partial charge in [0.25, 0.3) is 0 Å². The molecule has 2 atom stereocenters. The van der Waals surface area contributed by atoms with E-state index < -0.39 is 0 Å². The van der Waals surface area contributed by atoms with Crippen molar-refractivity contribution in [1.82, 2.24) is 15.5 Å². The van der Waals surface area contributed by atoms with Crippen LogP contribution in [0.5, 0.6) is 0 Å². The van der Waals surface area contributed by atoms with Gasteiger partial charge >= 0.3 is 0 Å². The summed E-state index contributed by atoms with van der Waals surface area (Å²) < 4.78 is 10.6. The van der Waals surface area contributed by atoms with Gasteiger partial charge in [-0.15, -0.1) is 0 Å². The van der Waals surface area contributed by atoms with Crippen molar-refractivity contribution in [3.63, 3.8) is 0 Å². The number of hydrogen-bond donors (Lipinski definition) is 1. The molecule has 0 fully saturated rings. The first-order valence-corrected chi connectivity index (χ1v) is 7.38. The molecule has 112 valence electrons. The second-order valence-corrected chi connectivity index (χ2v) is 5.48. The van der Waals surface area contributed by atoms with Gasteiger partial charge in [-0.05, 0) is 31.0 Å². The van der Waals surface area contributed by atoms with Crippen molar-refractivity contribution in [2.24, 2.45) is 0 Å². The van der Waals surface area contributed by atoms with Gasteiger partial charge in [0.15, 0.2) is 5.82 Å². The lowest BCUT2D eigenvalue weighted by molar-refractivity contribution is 0.165. The lowest BCUT2D eigenvalue weighted by atomic mass is 10.0. The highest BCUT2D eigenvalue weighted by molar-refractivity contribution is 5.38. The van der Waals surface area contributed by atoms with Crippen LogP contribution in [0, 0.1) is 0 Å². The Labute approximate surface area is 124 Å². The van der Waals surface area contributed by atoms with Gasteiger partial charge in [0, 0.05) is 25.5 Å². The summed E-state index contributed by atoms with van der Waals surface area (Å²) in [6.07, 6.45) is 2.84. The first-order valence-electron chi connectivity index (χ1n) is 7.38. The van der Waals surface area contributed by atoms with Gasteiger partial charge in [-0.3, -0.25) is 0 Å². The lowest BCUT2D eigenvalue weighted by Crippen LogP contribution is -2.32. The molecule has 2 unspecified atom stereocenters. The zero-order valence-corrected chi connectivity index (χ0v) is 12.5. The molecule has 5 heteroatoms. The Bertz CT molecular complexity index is 597. The fourth-order valence-corrected chi connectivity index (χ4v) is 2.97. The minimum absolute atomic E-state index is 0.194. The minimum Gasteiger partial charge on any atom is -0.383 e. The molecule has 0 saturated carbocycles. The van der Waals surface area contributed by atoms with Gasteiger partial charge < -0.3 is 14.6 Å². The van der Waals surface area contributed by atoms with Gasteiger partial charge in [-0.2, -0.15) is 4.98 Å². The molecular weight excluding hydrogens is 266 g/mol. The Balaban J connectivity index is 1.74. The maximum Gasteiger partial charge on any atom is 0.228 e. The van der Waals surface area contributed by atoms with Gasteiger partial charge in [0.1, 0.15) is 0 Å². The number of methoxy groups -OCH3 is 1. The van der Waals surface area contributed by atoms with Crippen LogP contribution in [0.25, 0.3) is 0 Å². The van der Waals surface area contributed by atoms with Crippen LogP contribution in [-0.4, -0.2) is 36.9 Å². The summed E-state index contributed by atoms with van der Waals surface area (Å²) in [6, 6.07) is 8.72. The number of ether oxygens (including phenoxy) is 1. The summed E-state index contributed by atoms with van der Waals surface area (Å²) in [4.78, 5) is 4.59. The van der Waals surface area contributed by atoms with Crippen LogP contribution in [0.4, 0.5) is 0 Å². The van der Waals surface area contributed by atoms with E-state index in [1.807, 2.05) is 7.05 Å². The van der Waals surface area contributed by atoms with Gasteiger partial charge in [-0.25, -0.2) is 0 Å². The summed E-state index contributed by atoms with van der Waals surface area (Å²) in [6.45, 7) is 0.625. The molecule has 3 rings (SSSR count). The summed E-state index contributed by atoms with van der Waals surface area (Å²) in [7, 11) is 3.60. The van der Waals surface area contributed by atoms with Crippen LogP contribution in [0.2, 0.25) is 0 Å². The number of hydrogen-bond acceptors (Lipinski definition) is 5. The van der Waals surface area contributed by atoms with E-state index in [2.05, 4.69) is 39.7 Å². The molecule has 1 aliphatic rings. The maximum absolute atomic E-state index is 5.41. The van der Waals surface area contributed by atoms with E-state index in [9.17, 15) is 0 Å². The van der Waals surface area contributed by atoms with Crippen molar-refractivity contribution in [3.8, 4) is 0 Å². The minimum atomic E-state index is 0.194. The smallest absolute Gasteiger partial charge is 0.228 e. The number of nitrogens with zero attached hydrogens (tertiary/aromatic N) is 2. The molecule has 5 nitrogen and oxygen atoms in total. The van der Waals surface area contributed by atoms with Crippen LogP contribution in [0.15, 0.2) is 28.8 Å². The number of aromatic nitrogens is 2. The van der Waals surface area contributed by atoms with E-state index >= 15 is 0 Å². The number of aryl methyl sites for hydroxylation is 1. The average Bonchev–Trinajstić information content (AvgIpc) is 3.13. The molecule has 0 aliphatic heterocycles. The van der Waals surface area contributed by atoms with E-state index in [0.29, 0.717) is 18.9 Å². The zero-order valence-electron chi connectivity index (χ0n) is 12.5. The van der Waals surface area contributed by atoms with E-state index in [1.165, 1.54) is 11.1 Å². The molecule has 0 bridgehead atoms. The third kappa shape index (κ3) is 2.99. The molecule has 2 aromatic rings. The van der Waals surface area contributed by atoms with Gasteiger partial charge in [-0.1, -0.05) is 29.4 Å². The molecule has 1 aromatic heterocycles. The number of benzene rings is 1. The highest BCUT2D eigenvalue weighted by atomic mass is 16.5. The van der Waals surface area contributed by atoms with Gasteiger partial charge in [0.2, 0.25) is 5.89 Å². The van der Waals surface area contributed by atoms with Crippen molar-refractivity contribution < 1.29 is 9.26 Å². The van der Waals surface area contributed by atoms with Crippen molar-refractivity contribution in [3.05, 3.63) is 47.1 Å². The predicted molar refractivity (Wildman–Crippen MR) is 79.3 cm³/mol. The molecule has 0 amide bonds. The zero-order chi connectivity index (χ0) is 14.7. The first-order chi connectivity index (χ1) is 10.3. The molecule has 21 heavy (non-hydrogen) atoms. The quantitative estimate of drug-likeness (QED) is 0.879. The Morgan fingerprint density at radius 2 is 2.29 bits per heavy atom. The first kappa shape index (κ1) is 14.2. The standard InChI is InChI=1S/C16H21N3O2/c1-17-12(10-20-2)9-15-18-16(19-21-15)14-8-7-11-5-3-4-6-13(11)14/h3-6,12,14,17H,7-10H2,1-2H3. The van der Waals surface area contributed by atoms with Crippen LogP contribution in [-0.2, 0) is 17.6 Å². The highest BCUT2D eigenvalue weighted by Gasteiger charge is 2.27. The largest absolute Gasteiger partial charge is 0.383 e. The molecule has 1 aliphatic carbocycles. The van der Waals surface area contributed by atoms with Crippen molar-refractivity contribution >= 4 is 0 Å². The average molecular weight is 287 g/mol. The number of likely N-dealkylation sites (N-methyl/N-ethyl adjacent to an activating group) is 1. The number of rotatable bonds is 6. The van der Waals surface area contributed by atoms with Gasteiger partial charge in [0.05, 0.1) is 6.61 Å². The van der Waals surface area contributed by atoms with Crippen molar-refractivity contribution in [2.75, 3.05) is 20.8 Å². The lowest BCUT2D eigenvalue weighted by Gasteiger charge is -2.11. The van der Waals surface area contributed by atoms with E-state index in [0.717, 1.165) is 18.7 Å². The van der Waals surface area contributed by atoms with E-state index in [4.69, 9.17) is 9.26 Å². The molecule has 0 saturated heterocycles. The van der Waals surface area contributed by atoms with E-state index in [1.54, 1.807) is 7.11 Å². The molecule has 0 spiro atoms. The maximum atomic E-state index is 5.41. The Hall–Kier alpha value is -1.72. The van der Waals surface area contributed by atoms with E-state index in [-0.39, 0.29) is 12.0 Å². The Morgan fingerprint density at radius 1 is 1.43 bits per heavy atom. The summed E-state index contributed by atoms with van der Waals surface area (Å²) in [5.41, 5.74) is 2.74. The third-order valence-corrected chi connectivity index (χ3v) is 4.13. The third-order valence-electron chi connectivity index (χ3n) is 4.13. The molecule has 0 radical (unpaired) electrons. The highest BCUT2D eigenvalue weighted by Crippen LogP contribution is 2.36. The molecule has 1 heterocycles. The van der Waals surface area contributed by atoms with Crippen LogP contribution in [0.3, 0.4) is 0 Å². The molecule has 1 N–H and O–H groups in total. The number of nitrogens with one attached hydrogen (secondary N) is 1. The summed E-state index contributed by atoms with van der Waals surface area (Å²) in [5.74, 6) is 1.75. The second-order valence-electron chi connectivity index (χ2n) is 5.48. The Kier molecular flexibility index (Phi) is 4.31. The summed E-state index contributed by atoms with van der Waals surface area (Å²) >= 11 is 0. The molecule has 1 aromatic carbocycles. The Morgan fingerprint density at radius 3 is 3.10 bits per heavy atom. The second kappa shape index (κ2) is 6.37. The van der Waals surface area contributed by atoms with Crippen molar-refractivity contribution in [2.45, 2.75) is 31.2 Å². The fourth-order valence-electron chi connectivity index (χ4n) is 2.97. The molecular formula is C16H21N3O2. The van der Waals surface area contributed by atoms with Crippen LogP contribution >= 0.6 is 0 Å². The SMILES string of the molecule is CNC(COC)Cc1nc(C2CCc3ccccc32)no1. The predicted octanol–water partition coefficient (Wildman–Crippen LogP) is 1.92. The monoisotopic (exact) mass is 287 g/mol. The number of fused-ring (bicyclic) bond motifs is 1. The topological polar surface area (TPSA) is 60.2 Å². The van der Waals surface area contributed by atoms with Crippen molar-refractivity contribution in [1.29, 1.82) is 0 Å². The van der Waals surface area contributed by atoms with Crippen LogP contribution < -0.4 is 5.32 Å².